The Balaban J connectivity index is 1.92. The van der Waals surface area contributed by atoms with Gasteiger partial charge in [-0.25, -0.2) is 9.18 Å². The van der Waals surface area contributed by atoms with E-state index >= 15 is 0 Å². The standard InChI is InChI=1S/C24H25FN2O3/c1-4-11-27-12-10-26-20-14-21-19(13-18(20)15(27)3)22(24(28)29-5-2)23(30-21)16-6-8-17(25)9-7-16/h4,6-9,13-15,26H,1,5,10-12H2,2-3H3. The van der Waals surface area contributed by atoms with Crippen molar-refractivity contribution in [1.82, 2.24) is 4.90 Å². The summed E-state index contributed by atoms with van der Waals surface area (Å²) in [6.07, 6.45) is 1.90. The van der Waals surface area contributed by atoms with Crippen molar-refractivity contribution in [3.8, 4) is 11.3 Å². The number of ether oxygens (including phenoxy) is 1. The molecule has 1 N–H and O–H groups in total. The van der Waals surface area contributed by atoms with E-state index in [1.54, 1.807) is 19.1 Å². The zero-order chi connectivity index (χ0) is 21.3. The van der Waals surface area contributed by atoms with Gasteiger partial charge in [-0.1, -0.05) is 6.08 Å². The molecule has 1 unspecified atom stereocenters. The van der Waals surface area contributed by atoms with Gasteiger partial charge in [0.1, 0.15) is 22.7 Å². The molecule has 0 saturated heterocycles. The van der Waals surface area contributed by atoms with Crippen LogP contribution < -0.4 is 5.32 Å². The molecule has 0 radical (unpaired) electrons. The summed E-state index contributed by atoms with van der Waals surface area (Å²) in [6, 6.07) is 9.99. The van der Waals surface area contributed by atoms with Gasteiger partial charge in [0, 0.05) is 48.4 Å². The number of fused-ring (bicyclic) bond motifs is 2. The van der Waals surface area contributed by atoms with Gasteiger partial charge in [0.2, 0.25) is 0 Å². The minimum absolute atomic E-state index is 0.136. The number of rotatable bonds is 5. The van der Waals surface area contributed by atoms with Crippen molar-refractivity contribution >= 4 is 22.6 Å². The molecule has 6 heteroatoms. The number of nitrogens with one attached hydrogen (secondary N) is 1. The fourth-order valence-corrected chi connectivity index (χ4v) is 4.01. The number of esters is 1. The molecular weight excluding hydrogens is 383 g/mol. The van der Waals surface area contributed by atoms with E-state index in [9.17, 15) is 9.18 Å². The molecule has 2 heterocycles. The molecule has 0 amide bonds. The Labute approximate surface area is 175 Å². The molecule has 3 aromatic rings. The lowest BCUT2D eigenvalue weighted by Gasteiger charge is -2.26. The van der Waals surface area contributed by atoms with Crippen LogP contribution in [0.5, 0.6) is 0 Å². The van der Waals surface area contributed by atoms with E-state index in [2.05, 4.69) is 23.7 Å². The molecule has 0 fully saturated rings. The van der Waals surface area contributed by atoms with Crippen LogP contribution in [-0.2, 0) is 4.74 Å². The van der Waals surface area contributed by atoms with Crippen molar-refractivity contribution in [2.75, 3.05) is 31.6 Å². The van der Waals surface area contributed by atoms with Crippen molar-refractivity contribution in [1.29, 1.82) is 0 Å². The number of halogens is 1. The number of furan rings is 1. The number of benzene rings is 2. The summed E-state index contributed by atoms with van der Waals surface area (Å²) in [5, 5.41) is 4.16. The summed E-state index contributed by atoms with van der Waals surface area (Å²) in [5.41, 5.74) is 3.65. The molecule has 0 aliphatic carbocycles. The van der Waals surface area contributed by atoms with Gasteiger partial charge in [-0.3, -0.25) is 4.90 Å². The second kappa shape index (κ2) is 8.32. The predicted octanol–water partition coefficient (Wildman–Crippen LogP) is 5.39. The number of anilines is 1. The Kier molecular flexibility index (Phi) is 5.59. The van der Waals surface area contributed by atoms with Crippen molar-refractivity contribution in [2.24, 2.45) is 0 Å². The van der Waals surface area contributed by atoms with Crippen LogP contribution in [0.4, 0.5) is 10.1 Å². The number of carbonyl (C=O) groups is 1. The molecule has 4 rings (SSSR count). The first-order chi connectivity index (χ1) is 14.5. The molecule has 1 aromatic heterocycles. The Bertz CT molecular complexity index is 1090. The van der Waals surface area contributed by atoms with E-state index in [1.807, 2.05) is 18.2 Å². The first kappa shape index (κ1) is 20.2. The molecule has 5 nitrogen and oxygen atoms in total. The summed E-state index contributed by atoms with van der Waals surface area (Å²) < 4.78 is 24.9. The molecular formula is C24H25FN2O3. The second-order valence-corrected chi connectivity index (χ2v) is 7.36. The third kappa shape index (κ3) is 3.59. The quantitative estimate of drug-likeness (QED) is 0.453. The average Bonchev–Trinajstić information content (AvgIpc) is 3.03. The fourth-order valence-electron chi connectivity index (χ4n) is 4.01. The van der Waals surface area contributed by atoms with E-state index in [1.165, 1.54) is 12.1 Å². The lowest BCUT2D eigenvalue weighted by atomic mass is 9.99. The molecule has 1 atom stereocenters. The highest BCUT2D eigenvalue weighted by Gasteiger charge is 2.27. The molecule has 1 aliphatic rings. The summed E-state index contributed by atoms with van der Waals surface area (Å²) in [5.74, 6) is -0.411. The molecule has 2 aromatic carbocycles. The maximum atomic E-state index is 13.4. The number of carbonyl (C=O) groups excluding carboxylic acids is 1. The first-order valence-corrected chi connectivity index (χ1v) is 10.2. The van der Waals surface area contributed by atoms with Crippen molar-refractivity contribution < 1.29 is 18.3 Å². The van der Waals surface area contributed by atoms with Crippen LogP contribution in [0.1, 0.15) is 35.8 Å². The predicted molar refractivity (Wildman–Crippen MR) is 116 cm³/mol. The number of hydrogen-bond acceptors (Lipinski definition) is 5. The number of nitrogens with zero attached hydrogens (tertiary/aromatic N) is 1. The smallest absolute Gasteiger partial charge is 0.342 e. The normalized spacial score (nSPS) is 16.6. The van der Waals surface area contributed by atoms with Crippen molar-refractivity contribution in [2.45, 2.75) is 19.9 Å². The fraction of sp³-hybridized carbons (Fsp3) is 0.292. The third-order valence-electron chi connectivity index (χ3n) is 5.52. The summed E-state index contributed by atoms with van der Waals surface area (Å²) in [6.45, 7) is 10.5. The average molecular weight is 408 g/mol. The molecule has 30 heavy (non-hydrogen) atoms. The van der Waals surface area contributed by atoms with E-state index in [4.69, 9.17) is 9.15 Å². The van der Waals surface area contributed by atoms with Crippen LogP contribution in [0, 0.1) is 5.82 Å². The summed E-state index contributed by atoms with van der Waals surface area (Å²) in [4.78, 5) is 15.2. The maximum absolute atomic E-state index is 13.4. The van der Waals surface area contributed by atoms with Crippen LogP contribution in [0.25, 0.3) is 22.3 Å². The molecule has 1 aliphatic heterocycles. The first-order valence-electron chi connectivity index (χ1n) is 10.2. The maximum Gasteiger partial charge on any atom is 0.342 e. The van der Waals surface area contributed by atoms with Crippen LogP contribution in [0.3, 0.4) is 0 Å². The highest BCUT2D eigenvalue weighted by atomic mass is 19.1. The summed E-state index contributed by atoms with van der Waals surface area (Å²) in [7, 11) is 0. The zero-order valence-electron chi connectivity index (χ0n) is 17.2. The summed E-state index contributed by atoms with van der Waals surface area (Å²) >= 11 is 0. The van der Waals surface area contributed by atoms with Gasteiger partial charge in [0.15, 0.2) is 0 Å². The van der Waals surface area contributed by atoms with Crippen LogP contribution in [0.15, 0.2) is 53.5 Å². The van der Waals surface area contributed by atoms with E-state index < -0.39 is 5.97 Å². The van der Waals surface area contributed by atoms with E-state index in [0.717, 1.165) is 30.9 Å². The van der Waals surface area contributed by atoms with E-state index in [0.29, 0.717) is 27.9 Å². The zero-order valence-corrected chi connectivity index (χ0v) is 17.2. The highest BCUT2D eigenvalue weighted by molar-refractivity contribution is 6.09. The van der Waals surface area contributed by atoms with Crippen LogP contribution in [-0.4, -0.2) is 37.1 Å². The van der Waals surface area contributed by atoms with Crippen molar-refractivity contribution in [3.05, 3.63) is 66.0 Å². The van der Waals surface area contributed by atoms with Gasteiger partial charge in [-0.15, -0.1) is 6.58 Å². The number of hydrogen-bond donors (Lipinski definition) is 1. The molecule has 156 valence electrons. The van der Waals surface area contributed by atoms with Gasteiger partial charge in [0.05, 0.1) is 6.61 Å². The SMILES string of the molecule is C=CCN1CCNc2cc3oc(-c4ccc(F)cc4)c(C(=O)OCC)c3cc2C1C. The highest BCUT2D eigenvalue weighted by Crippen LogP contribution is 2.40. The third-order valence-corrected chi connectivity index (χ3v) is 5.52. The Hall–Kier alpha value is -3.12. The largest absolute Gasteiger partial charge is 0.462 e. The van der Waals surface area contributed by atoms with Crippen LogP contribution in [0.2, 0.25) is 0 Å². The topological polar surface area (TPSA) is 54.7 Å². The van der Waals surface area contributed by atoms with Gasteiger partial charge in [0.25, 0.3) is 0 Å². The van der Waals surface area contributed by atoms with Gasteiger partial charge in [-0.05, 0) is 49.7 Å². The lowest BCUT2D eigenvalue weighted by Crippen LogP contribution is -2.29. The van der Waals surface area contributed by atoms with Gasteiger partial charge >= 0.3 is 5.97 Å². The van der Waals surface area contributed by atoms with Gasteiger partial charge < -0.3 is 14.5 Å². The Morgan fingerprint density at radius 3 is 2.83 bits per heavy atom. The lowest BCUT2D eigenvalue weighted by molar-refractivity contribution is 0.0528. The van der Waals surface area contributed by atoms with Gasteiger partial charge in [-0.2, -0.15) is 0 Å². The monoisotopic (exact) mass is 408 g/mol. The second-order valence-electron chi connectivity index (χ2n) is 7.36. The van der Waals surface area contributed by atoms with E-state index in [-0.39, 0.29) is 18.5 Å². The minimum Gasteiger partial charge on any atom is -0.462 e. The molecule has 0 spiro atoms. The minimum atomic E-state index is -0.451. The Morgan fingerprint density at radius 1 is 1.37 bits per heavy atom. The molecule has 0 bridgehead atoms. The Morgan fingerprint density at radius 2 is 2.13 bits per heavy atom. The van der Waals surface area contributed by atoms with Crippen molar-refractivity contribution in [3.63, 3.8) is 0 Å². The molecule has 0 saturated carbocycles. The van der Waals surface area contributed by atoms with Crippen LogP contribution >= 0.6 is 0 Å².